The predicted molar refractivity (Wildman–Crippen MR) is 78.7 cm³/mol. The summed E-state index contributed by atoms with van der Waals surface area (Å²) in [4.78, 5) is 12.0. The lowest BCUT2D eigenvalue weighted by Crippen LogP contribution is -1.97. The van der Waals surface area contributed by atoms with E-state index in [4.69, 9.17) is 16.6 Å². The zero-order chi connectivity index (χ0) is 13.7. The second kappa shape index (κ2) is 6.48. The highest BCUT2D eigenvalue weighted by Crippen LogP contribution is 2.16. The summed E-state index contributed by atoms with van der Waals surface area (Å²) in [5.41, 5.74) is 1.73. The number of carbonyl (C=O) groups excluding carboxylic acids is 1. The van der Waals surface area contributed by atoms with Gasteiger partial charge in [0.25, 0.3) is 4.84 Å². The first-order valence-corrected chi connectivity index (χ1v) is 6.91. The Bertz CT molecular complexity index is 651. The molecule has 1 aromatic heterocycles. The van der Waals surface area contributed by atoms with E-state index in [2.05, 4.69) is 6.92 Å². The van der Waals surface area contributed by atoms with Gasteiger partial charge < -0.3 is 4.42 Å². The molecule has 0 N–H and O–H groups in total. The van der Waals surface area contributed by atoms with Crippen LogP contribution in [0.2, 0.25) is 0 Å². The van der Waals surface area contributed by atoms with Crippen molar-refractivity contribution < 1.29 is 9.21 Å². The minimum absolute atomic E-state index is 0.168. The van der Waals surface area contributed by atoms with E-state index >= 15 is 0 Å². The van der Waals surface area contributed by atoms with E-state index in [9.17, 15) is 4.79 Å². The molecule has 4 heteroatoms. The van der Waals surface area contributed by atoms with Crippen LogP contribution < -0.4 is 0 Å². The van der Waals surface area contributed by atoms with Crippen molar-refractivity contribution in [2.24, 2.45) is 0 Å². The molecule has 0 fully saturated rings. The molecule has 0 aliphatic rings. The van der Waals surface area contributed by atoms with Gasteiger partial charge in [-0.2, -0.15) is 0 Å². The van der Waals surface area contributed by atoms with E-state index in [0.717, 1.165) is 23.9 Å². The Kier molecular flexibility index (Phi) is 4.68. The standard InChI is InChI=1S/C15H17NO2S/c1-2-3-7-12(17)8-6-11-16-13-9-4-5-10-14(13)18-15(16)19/h4-6,8-10H,2-3,7,11H2,1H3. The van der Waals surface area contributed by atoms with Crippen LogP contribution in [0.25, 0.3) is 11.1 Å². The van der Waals surface area contributed by atoms with Gasteiger partial charge in [-0.1, -0.05) is 31.6 Å². The summed E-state index contributed by atoms with van der Waals surface area (Å²) in [7, 11) is 0. The topological polar surface area (TPSA) is 35.1 Å². The molecule has 3 nitrogen and oxygen atoms in total. The van der Waals surface area contributed by atoms with E-state index in [1.54, 1.807) is 6.08 Å². The number of carbonyl (C=O) groups is 1. The van der Waals surface area contributed by atoms with E-state index in [1.807, 2.05) is 34.9 Å². The zero-order valence-corrected chi connectivity index (χ0v) is 11.8. The maximum Gasteiger partial charge on any atom is 0.269 e. The monoisotopic (exact) mass is 275 g/mol. The normalized spacial score (nSPS) is 11.4. The van der Waals surface area contributed by atoms with Crippen LogP contribution >= 0.6 is 12.2 Å². The Balaban J connectivity index is 2.10. The highest BCUT2D eigenvalue weighted by atomic mass is 32.1. The molecular formula is C15H17NO2S. The third-order valence-corrected chi connectivity index (χ3v) is 3.25. The van der Waals surface area contributed by atoms with Gasteiger partial charge in [-0.05, 0) is 36.8 Å². The molecule has 2 rings (SSSR count). The Morgan fingerprint density at radius 3 is 3.00 bits per heavy atom. The van der Waals surface area contributed by atoms with Crippen LogP contribution in [0.3, 0.4) is 0 Å². The molecule has 0 spiro atoms. The molecule has 0 saturated heterocycles. The maximum atomic E-state index is 11.5. The molecule has 0 aliphatic heterocycles. The van der Waals surface area contributed by atoms with E-state index in [0.29, 0.717) is 17.8 Å². The molecule has 0 amide bonds. The first-order chi connectivity index (χ1) is 9.22. The molecule has 19 heavy (non-hydrogen) atoms. The summed E-state index contributed by atoms with van der Waals surface area (Å²) >= 11 is 5.18. The number of allylic oxidation sites excluding steroid dienone is 2. The van der Waals surface area contributed by atoms with Gasteiger partial charge in [0, 0.05) is 13.0 Å². The van der Waals surface area contributed by atoms with Gasteiger partial charge in [0.1, 0.15) is 0 Å². The smallest absolute Gasteiger partial charge is 0.269 e. The molecular weight excluding hydrogens is 258 g/mol. The predicted octanol–water partition coefficient (Wildman–Crippen LogP) is 4.28. The molecule has 0 unspecified atom stereocenters. The van der Waals surface area contributed by atoms with Crippen molar-refractivity contribution in [2.75, 3.05) is 0 Å². The molecule has 100 valence electrons. The Hall–Kier alpha value is -1.68. The van der Waals surface area contributed by atoms with Crippen molar-refractivity contribution >= 4 is 29.1 Å². The van der Waals surface area contributed by atoms with E-state index < -0.39 is 0 Å². The number of aromatic nitrogens is 1. The highest BCUT2D eigenvalue weighted by Gasteiger charge is 2.04. The summed E-state index contributed by atoms with van der Waals surface area (Å²) in [5, 5.41) is 0. The number of ketones is 1. The van der Waals surface area contributed by atoms with E-state index in [1.165, 1.54) is 0 Å². The van der Waals surface area contributed by atoms with Crippen LogP contribution in [0, 0.1) is 4.84 Å². The number of nitrogens with zero attached hydrogens (tertiary/aromatic N) is 1. The van der Waals surface area contributed by atoms with Crippen molar-refractivity contribution in [3.8, 4) is 0 Å². The average Bonchev–Trinajstić information content (AvgIpc) is 2.73. The van der Waals surface area contributed by atoms with Crippen LogP contribution in [-0.4, -0.2) is 10.4 Å². The van der Waals surface area contributed by atoms with Gasteiger partial charge in [0.05, 0.1) is 5.52 Å². The lowest BCUT2D eigenvalue weighted by atomic mass is 10.2. The summed E-state index contributed by atoms with van der Waals surface area (Å²) < 4.78 is 7.36. The molecule has 0 bridgehead atoms. The molecule has 1 aromatic carbocycles. The van der Waals surface area contributed by atoms with Crippen molar-refractivity contribution in [1.29, 1.82) is 0 Å². The molecule has 0 atom stereocenters. The van der Waals surface area contributed by atoms with Crippen LogP contribution in [0.4, 0.5) is 0 Å². The number of oxazole rings is 1. The Labute approximate surface area is 117 Å². The Morgan fingerprint density at radius 2 is 2.21 bits per heavy atom. The third kappa shape index (κ3) is 3.41. The fraction of sp³-hybridized carbons (Fsp3) is 0.333. The average molecular weight is 275 g/mol. The second-order valence-electron chi connectivity index (χ2n) is 4.42. The summed E-state index contributed by atoms with van der Waals surface area (Å²) in [6.07, 6.45) is 6.08. The van der Waals surface area contributed by atoms with Crippen LogP contribution in [0.15, 0.2) is 40.8 Å². The largest absolute Gasteiger partial charge is 0.429 e. The van der Waals surface area contributed by atoms with Crippen molar-refractivity contribution in [1.82, 2.24) is 4.57 Å². The zero-order valence-electron chi connectivity index (χ0n) is 11.0. The molecule has 1 heterocycles. The number of benzene rings is 1. The quantitative estimate of drug-likeness (QED) is 0.583. The maximum absolute atomic E-state index is 11.5. The summed E-state index contributed by atoms with van der Waals surface area (Å²) in [5.74, 6) is 0.168. The van der Waals surface area contributed by atoms with Gasteiger partial charge in [-0.15, -0.1) is 0 Å². The fourth-order valence-electron chi connectivity index (χ4n) is 1.91. The molecule has 0 aliphatic carbocycles. The first kappa shape index (κ1) is 13.7. The van der Waals surface area contributed by atoms with Crippen molar-refractivity contribution in [3.63, 3.8) is 0 Å². The fourth-order valence-corrected chi connectivity index (χ4v) is 2.17. The number of para-hydroxylation sites is 2. The molecule has 0 radical (unpaired) electrons. The van der Waals surface area contributed by atoms with Crippen LogP contribution in [-0.2, 0) is 11.3 Å². The van der Waals surface area contributed by atoms with Crippen molar-refractivity contribution in [2.45, 2.75) is 32.7 Å². The lowest BCUT2D eigenvalue weighted by molar-refractivity contribution is -0.114. The van der Waals surface area contributed by atoms with Crippen LogP contribution in [0.5, 0.6) is 0 Å². The van der Waals surface area contributed by atoms with Gasteiger partial charge in [-0.25, -0.2) is 0 Å². The number of fused-ring (bicyclic) bond motifs is 1. The molecule has 2 aromatic rings. The van der Waals surface area contributed by atoms with Crippen LogP contribution in [0.1, 0.15) is 26.2 Å². The second-order valence-corrected chi connectivity index (χ2v) is 4.77. The molecule has 0 saturated carbocycles. The van der Waals surface area contributed by atoms with Gasteiger partial charge >= 0.3 is 0 Å². The summed E-state index contributed by atoms with van der Waals surface area (Å²) in [6, 6.07) is 7.70. The number of rotatable bonds is 6. The first-order valence-electron chi connectivity index (χ1n) is 6.50. The third-order valence-electron chi connectivity index (χ3n) is 2.94. The minimum Gasteiger partial charge on any atom is -0.429 e. The minimum atomic E-state index is 0.168. The SMILES string of the molecule is CCCCC(=O)C=CCn1c(=S)oc2ccccc21. The van der Waals surface area contributed by atoms with Crippen molar-refractivity contribution in [3.05, 3.63) is 41.3 Å². The Morgan fingerprint density at radius 1 is 1.42 bits per heavy atom. The number of hydrogen-bond acceptors (Lipinski definition) is 3. The lowest BCUT2D eigenvalue weighted by Gasteiger charge is -1.97. The highest BCUT2D eigenvalue weighted by molar-refractivity contribution is 7.71. The van der Waals surface area contributed by atoms with Gasteiger partial charge in [-0.3, -0.25) is 9.36 Å². The number of hydrogen-bond donors (Lipinski definition) is 0. The van der Waals surface area contributed by atoms with E-state index in [-0.39, 0.29) is 5.78 Å². The number of unbranched alkanes of at least 4 members (excludes halogenated alkanes) is 1. The summed E-state index contributed by atoms with van der Waals surface area (Å²) in [6.45, 7) is 2.64. The van der Waals surface area contributed by atoms with Gasteiger partial charge in [0.2, 0.25) is 0 Å². The van der Waals surface area contributed by atoms with Gasteiger partial charge in [0.15, 0.2) is 11.4 Å².